The van der Waals surface area contributed by atoms with Crippen LogP contribution in [0.1, 0.15) is 55.2 Å². The Labute approximate surface area is 119 Å². The number of hydrogen-bond donors (Lipinski definition) is 0. The van der Waals surface area contributed by atoms with Gasteiger partial charge >= 0.3 is 5.97 Å². The lowest BCUT2D eigenvalue weighted by Crippen LogP contribution is -2.23. The third-order valence-corrected chi connectivity index (χ3v) is 3.26. The SMILES string of the molecule is CCOC(=O)c1c(C)oc2c1C(=O)c1ncccc1C2=O. The van der Waals surface area contributed by atoms with Gasteiger partial charge in [-0.2, -0.15) is 0 Å². The molecule has 0 unspecified atom stereocenters. The van der Waals surface area contributed by atoms with Crippen molar-refractivity contribution < 1.29 is 23.5 Å². The quantitative estimate of drug-likeness (QED) is 0.669. The van der Waals surface area contributed by atoms with E-state index < -0.39 is 17.5 Å². The first-order chi connectivity index (χ1) is 10.1. The van der Waals surface area contributed by atoms with Gasteiger partial charge in [-0.25, -0.2) is 4.79 Å². The van der Waals surface area contributed by atoms with Crippen LogP contribution < -0.4 is 0 Å². The standard InChI is InChI=1S/C15H11NO5/c1-3-20-15(19)9-7(2)21-14-10(9)13(18)11-8(12(14)17)5-4-6-16-11/h4-6H,3H2,1-2H3. The highest BCUT2D eigenvalue weighted by Gasteiger charge is 2.39. The maximum absolute atomic E-state index is 12.5. The highest BCUT2D eigenvalue weighted by molar-refractivity contribution is 6.29. The zero-order valence-electron chi connectivity index (χ0n) is 11.4. The van der Waals surface area contributed by atoms with E-state index in [2.05, 4.69) is 4.98 Å². The summed E-state index contributed by atoms with van der Waals surface area (Å²) in [5, 5.41) is 0. The lowest BCUT2D eigenvalue weighted by Gasteiger charge is -2.12. The molecular formula is C15H11NO5. The summed E-state index contributed by atoms with van der Waals surface area (Å²) in [6.07, 6.45) is 1.42. The van der Waals surface area contributed by atoms with Crippen LogP contribution in [-0.4, -0.2) is 29.1 Å². The third kappa shape index (κ3) is 1.79. The van der Waals surface area contributed by atoms with Crippen LogP contribution in [0, 0.1) is 6.92 Å². The molecule has 0 saturated heterocycles. The lowest BCUT2D eigenvalue weighted by atomic mass is 9.90. The summed E-state index contributed by atoms with van der Waals surface area (Å²) in [6.45, 7) is 3.34. The summed E-state index contributed by atoms with van der Waals surface area (Å²) in [5.74, 6) is -1.57. The molecule has 0 bridgehead atoms. The van der Waals surface area contributed by atoms with E-state index in [1.807, 2.05) is 0 Å². The van der Waals surface area contributed by atoms with Gasteiger partial charge < -0.3 is 9.15 Å². The van der Waals surface area contributed by atoms with Crippen LogP contribution >= 0.6 is 0 Å². The Balaban J connectivity index is 2.24. The van der Waals surface area contributed by atoms with E-state index >= 15 is 0 Å². The molecule has 0 amide bonds. The molecule has 0 radical (unpaired) electrons. The largest absolute Gasteiger partial charge is 0.462 e. The molecule has 0 aliphatic heterocycles. The van der Waals surface area contributed by atoms with Gasteiger partial charge in [-0.15, -0.1) is 0 Å². The first-order valence-corrected chi connectivity index (χ1v) is 6.41. The lowest BCUT2D eigenvalue weighted by molar-refractivity contribution is 0.0521. The van der Waals surface area contributed by atoms with Crippen LogP contribution in [0.25, 0.3) is 0 Å². The zero-order valence-corrected chi connectivity index (χ0v) is 11.4. The molecule has 3 rings (SSSR count). The van der Waals surface area contributed by atoms with E-state index in [9.17, 15) is 14.4 Å². The highest BCUT2D eigenvalue weighted by Crippen LogP contribution is 2.32. The summed E-state index contributed by atoms with van der Waals surface area (Å²) < 4.78 is 10.3. The minimum atomic E-state index is -0.680. The van der Waals surface area contributed by atoms with Crippen LogP contribution in [0.2, 0.25) is 0 Å². The minimum Gasteiger partial charge on any atom is -0.462 e. The number of carbonyl (C=O) groups excluding carboxylic acids is 3. The van der Waals surface area contributed by atoms with E-state index in [0.29, 0.717) is 0 Å². The maximum atomic E-state index is 12.5. The van der Waals surface area contributed by atoms with Gasteiger partial charge in [0.05, 0.1) is 17.7 Å². The molecule has 106 valence electrons. The molecular weight excluding hydrogens is 274 g/mol. The number of aromatic nitrogens is 1. The second-order valence-electron chi connectivity index (χ2n) is 4.52. The topological polar surface area (TPSA) is 86.5 Å². The van der Waals surface area contributed by atoms with Crippen molar-refractivity contribution in [3.63, 3.8) is 0 Å². The van der Waals surface area contributed by atoms with E-state index in [1.165, 1.54) is 19.2 Å². The van der Waals surface area contributed by atoms with Crippen molar-refractivity contribution in [2.75, 3.05) is 6.61 Å². The molecule has 21 heavy (non-hydrogen) atoms. The molecule has 0 fully saturated rings. The first-order valence-electron chi connectivity index (χ1n) is 6.41. The minimum absolute atomic E-state index is 0.00139. The number of nitrogens with zero attached hydrogens (tertiary/aromatic N) is 1. The Kier molecular flexibility index (Phi) is 2.94. The third-order valence-electron chi connectivity index (χ3n) is 3.26. The molecule has 2 aromatic rings. The van der Waals surface area contributed by atoms with E-state index in [-0.39, 0.29) is 40.5 Å². The number of esters is 1. The molecule has 0 N–H and O–H groups in total. The number of furan rings is 1. The molecule has 1 aliphatic carbocycles. The number of aryl methyl sites for hydroxylation is 1. The smallest absolute Gasteiger partial charge is 0.342 e. The van der Waals surface area contributed by atoms with Gasteiger partial charge in [0.15, 0.2) is 5.76 Å². The van der Waals surface area contributed by atoms with Gasteiger partial charge in [0.1, 0.15) is 17.0 Å². The molecule has 6 heteroatoms. The number of fused-ring (bicyclic) bond motifs is 2. The van der Waals surface area contributed by atoms with Crippen molar-refractivity contribution in [1.82, 2.24) is 4.98 Å². The van der Waals surface area contributed by atoms with Crippen molar-refractivity contribution in [2.45, 2.75) is 13.8 Å². The van der Waals surface area contributed by atoms with Crippen molar-refractivity contribution in [1.29, 1.82) is 0 Å². The van der Waals surface area contributed by atoms with Crippen molar-refractivity contribution in [2.24, 2.45) is 0 Å². The van der Waals surface area contributed by atoms with E-state index in [1.54, 1.807) is 13.0 Å². The predicted molar refractivity (Wildman–Crippen MR) is 70.5 cm³/mol. The Morgan fingerprint density at radius 3 is 2.81 bits per heavy atom. The van der Waals surface area contributed by atoms with Crippen LogP contribution in [0.4, 0.5) is 0 Å². The van der Waals surface area contributed by atoms with Crippen molar-refractivity contribution in [3.05, 3.63) is 52.2 Å². The highest BCUT2D eigenvalue weighted by atomic mass is 16.5. The molecule has 1 aliphatic rings. The van der Waals surface area contributed by atoms with Gasteiger partial charge in [-0.3, -0.25) is 14.6 Å². The van der Waals surface area contributed by atoms with Crippen LogP contribution in [-0.2, 0) is 4.74 Å². The van der Waals surface area contributed by atoms with Gasteiger partial charge in [0.25, 0.3) is 0 Å². The van der Waals surface area contributed by atoms with Gasteiger partial charge in [-0.1, -0.05) is 0 Å². The molecule has 0 atom stereocenters. The fourth-order valence-electron chi connectivity index (χ4n) is 2.38. The Hall–Kier alpha value is -2.76. The molecule has 2 heterocycles. The van der Waals surface area contributed by atoms with E-state index in [4.69, 9.17) is 9.15 Å². The Bertz CT molecular complexity index is 787. The number of ketones is 2. The van der Waals surface area contributed by atoms with Crippen molar-refractivity contribution >= 4 is 17.5 Å². The number of carbonyl (C=O) groups is 3. The van der Waals surface area contributed by atoms with Crippen LogP contribution in [0.3, 0.4) is 0 Å². The van der Waals surface area contributed by atoms with Crippen LogP contribution in [0.5, 0.6) is 0 Å². The number of rotatable bonds is 2. The Morgan fingerprint density at radius 2 is 2.10 bits per heavy atom. The van der Waals surface area contributed by atoms with Crippen molar-refractivity contribution in [3.8, 4) is 0 Å². The van der Waals surface area contributed by atoms with Gasteiger partial charge in [0, 0.05) is 6.20 Å². The average Bonchev–Trinajstić information content (AvgIpc) is 2.83. The summed E-state index contributed by atoms with van der Waals surface area (Å²) in [4.78, 5) is 40.8. The maximum Gasteiger partial charge on any atom is 0.342 e. The normalized spacial score (nSPS) is 12.9. The molecule has 0 spiro atoms. The number of hydrogen-bond acceptors (Lipinski definition) is 6. The molecule has 0 saturated carbocycles. The fraction of sp³-hybridized carbons (Fsp3) is 0.200. The second-order valence-corrected chi connectivity index (χ2v) is 4.52. The Morgan fingerprint density at radius 1 is 1.33 bits per heavy atom. The summed E-state index contributed by atoms with van der Waals surface area (Å²) in [7, 11) is 0. The van der Waals surface area contributed by atoms with Crippen LogP contribution in [0.15, 0.2) is 22.7 Å². The summed E-state index contributed by atoms with van der Waals surface area (Å²) in [5.41, 5.74) is 0.157. The zero-order chi connectivity index (χ0) is 15.1. The van der Waals surface area contributed by atoms with Gasteiger partial charge in [0.2, 0.25) is 11.6 Å². The summed E-state index contributed by atoms with van der Waals surface area (Å²) >= 11 is 0. The second kappa shape index (κ2) is 4.66. The molecule has 2 aromatic heterocycles. The predicted octanol–water partition coefficient (Wildman–Crippen LogP) is 1.94. The average molecular weight is 285 g/mol. The van der Waals surface area contributed by atoms with Gasteiger partial charge in [-0.05, 0) is 26.0 Å². The first kappa shape index (κ1) is 13.2. The number of pyridine rings is 1. The molecule has 6 nitrogen and oxygen atoms in total. The van der Waals surface area contributed by atoms with E-state index in [0.717, 1.165) is 0 Å². The summed E-state index contributed by atoms with van der Waals surface area (Å²) in [6, 6.07) is 3.07. The number of ether oxygens (including phenoxy) is 1. The fourth-order valence-corrected chi connectivity index (χ4v) is 2.38. The molecule has 0 aromatic carbocycles. The monoisotopic (exact) mass is 285 g/mol.